The van der Waals surface area contributed by atoms with Crippen molar-refractivity contribution in [3.05, 3.63) is 77.9 Å². The SMILES string of the molecule is COc1ccc(COC/C=C/[C@@H](O)[C@@H](COCc2ccccc2)NC(C)=O)cc1. The molecule has 6 heteroatoms. The van der Waals surface area contributed by atoms with Gasteiger partial charge in [0, 0.05) is 6.92 Å². The molecule has 0 aliphatic rings. The topological polar surface area (TPSA) is 77.0 Å². The number of aliphatic hydroxyl groups is 1. The van der Waals surface area contributed by atoms with E-state index in [2.05, 4.69) is 5.32 Å². The van der Waals surface area contributed by atoms with E-state index in [1.807, 2.05) is 54.6 Å². The lowest BCUT2D eigenvalue weighted by Crippen LogP contribution is -2.44. The zero-order valence-corrected chi connectivity index (χ0v) is 16.9. The summed E-state index contributed by atoms with van der Waals surface area (Å²) in [6.45, 7) is 2.84. The second-order valence-electron chi connectivity index (χ2n) is 6.59. The highest BCUT2D eigenvalue weighted by Crippen LogP contribution is 2.12. The van der Waals surface area contributed by atoms with Gasteiger partial charge in [0.05, 0.1) is 45.7 Å². The van der Waals surface area contributed by atoms with Crippen LogP contribution in [0.3, 0.4) is 0 Å². The van der Waals surface area contributed by atoms with E-state index in [1.165, 1.54) is 6.92 Å². The zero-order chi connectivity index (χ0) is 20.9. The molecule has 2 rings (SSSR count). The fourth-order valence-corrected chi connectivity index (χ4v) is 2.66. The molecule has 6 nitrogen and oxygen atoms in total. The first-order valence-electron chi connectivity index (χ1n) is 9.52. The molecule has 0 fully saturated rings. The lowest BCUT2D eigenvalue weighted by atomic mass is 10.1. The molecule has 0 bridgehead atoms. The molecule has 2 atom stereocenters. The van der Waals surface area contributed by atoms with E-state index in [1.54, 1.807) is 19.3 Å². The van der Waals surface area contributed by atoms with Crippen molar-refractivity contribution < 1.29 is 24.1 Å². The molecule has 0 aliphatic heterocycles. The van der Waals surface area contributed by atoms with Crippen molar-refractivity contribution in [3.8, 4) is 5.75 Å². The maximum atomic E-state index is 11.4. The van der Waals surface area contributed by atoms with Gasteiger partial charge in [-0.25, -0.2) is 0 Å². The van der Waals surface area contributed by atoms with Crippen LogP contribution in [0, 0.1) is 0 Å². The van der Waals surface area contributed by atoms with Gasteiger partial charge < -0.3 is 24.6 Å². The second kappa shape index (κ2) is 12.7. The smallest absolute Gasteiger partial charge is 0.217 e. The average molecular weight is 399 g/mol. The van der Waals surface area contributed by atoms with Crippen LogP contribution in [0.1, 0.15) is 18.1 Å². The number of nitrogens with one attached hydrogen (secondary N) is 1. The number of carbonyl (C=O) groups excluding carboxylic acids is 1. The second-order valence-corrected chi connectivity index (χ2v) is 6.59. The van der Waals surface area contributed by atoms with E-state index in [0.717, 1.165) is 16.9 Å². The molecule has 0 saturated heterocycles. The molecular weight excluding hydrogens is 370 g/mol. The molecule has 29 heavy (non-hydrogen) atoms. The normalized spacial score (nSPS) is 13.2. The van der Waals surface area contributed by atoms with Gasteiger partial charge in [0.1, 0.15) is 5.75 Å². The van der Waals surface area contributed by atoms with E-state index < -0.39 is 12.1 Å². The summed E-state index contributed by atoms with van der Waals surface area (Å²) >= 11 is 0. The molecule has 0 unspecified atom stereocenters. The Morgan fingerprint density at radius 3 is 2.34 bits per heavy atom. The minimum absolute atomic E-state index is 0.201. The van der Waals surface area contributed by atoms with Gasteiger partial charge in [-0.1, -0.05) is 54.6 Å². The van der Waals surface area contributed by atoms with Crippen LogP contribution >= 0.6 is 0 Å². The Hall–Kier alpha value is -2.67. The number of aliphatic hydroxyl groups excluding tert-OH is 1. The van der Waals surface area contributed by atoms with Crippen molar-refractivity contribution in [3.63, 3.8) is 0 Å². The van der Waals surface area contributed by atoms with Gasteiger partial charge in [-0.3, -0.25) is 4.79 Å². The van der Waals surface area contributed by atoms with Crippen LogP contribution in [-0.2, 0) is 27.5 Å². The summed E-state index contributed by atoms with van der Waals surface area (Å²) in [7, 11) is 1.63. The maximum absolute atomic E-state index is 11.4. The Bertz CT molecular complexity index is 746. The van der Waals surface area contributed by atoms with E-state index in [4.69, 9.17) is 14.2 Å². The van der Waals surface area contributed by atoms with Gasteiger partial charge in [-0.2, -0.15) is 0 Å². The van der Waals surface area contributed by atoms with Gasteiger partial charge >= 0.3 is 0 Å². The number of carbonyl (C=O) groups is 1. The molecule has 156 valence electrons. The van der Waals surface area contributed by atoms with Crippen LogP contribution in [0.15, 0.2) is 66.7 Å². The first-order chi connectivity index (χ1) is 14.1. The van der Waals surface area contributed by atoms with E-state index in [-0.39, 0.29) is 12.5 Å². The van der Waals surface area contributed by atoms with E-state index in [9.17, 15) is 9.90 Å². The number of ether oxygens (including phenoxy) is 3. The van der Waals surface area contributed by atoms with Crippen LogP contribution in [0.25, 0.3) is 0 Å². The maximum Gasteiger partial charge on any atom is 0.217 e. The highest BCUT2D eigenvalue weighted by atomic mass is 16.5. The Balaban J connectivity index is 1.74. The first kappa shape index (κ1) is 22.6. The summed E-state index contributed by atoms with van der Waals surface area (Å²) in [5, 5.41) is 13.1. The fourth-order valence-electron chi connectivity index (χ4n) is 2.66. The van der Waals surface area contributed by atoms with Gasteiger partial charge in [-0.15, -0.1) is 0 Å². The van der Waals surface area contributed by atoms with E-state index in [0.29, 0.717) is 19.8 Å². The van der Waals surface area contributed by atoms with Crippen LogP contribution in [-0.4, -0.2) is 43.5 Å². The zero-order valence-electron chi connectivity index (χ0n) is 16.9. The van der Waals surface area contributed by atoms with Crippen LogP contribution in [0.2, 0.25) is 0 Å². The highest BCUT2D eigenvalue weighted by Gasteiger charge is 2.18. The molecular formula is C23H29NO5. The number of hydrogen-bond donors (Lipinski definition) is 2. The number of amides is 1. The highest BCUT2D eigenvalue weighted by molar-refractivity contribution is 5.73. The molecule has 0 heterocycles. The molecule has 0 saturated carbocycles. The van der Waals surface area contributed by atoms with Crippen molar-refractivity contribution in [2.75, 3.05) is 20.3 Å². The lowest BCUT2D eigenvalue weighted by molar-refractivity contribution is -0.121. The predicted molar refractivity (Wildman–Crippen MR) is 111 cm³/mol. The molecule has 2 aromatic carbocycles. The average Bonchev–Trinajstić information content (AvgIpc) is 2.73. The fraction of sp³-hybridized carbons (Fsp3) is 0.348. The van der Waals surface area contributed by atoms with Gasteiger partial charge in [0.15, 0.2) is 0 Å². The van der Waals surface area contributed by atoms with Crippen molar-refractivity contribution in [2.45, 2.75) is 32.3 Å². The summed E-state index contributed by atoms with van der Waals surface area (Å²) in [5.74, 6) is 0.580. The van der Waals surface area contributed by atoms with Crippen LogP contribution in [0.4, 0.5) is 0 Å². The quantitative estimate of drug-likeness (QED) is 0.424. The summed E-state index contributed by atoms with van der Waals surface area (Å²) in [5.41, 5.74) is 2.07. The monoisotopic (exact) mass is 399 g/mol. The molecule has 0 spiro atoms. The number of benzene rings is 2. The minimum atomic E-state index is -0.876. The van der Waals surface area contributed by atoms with Gasteiger partial charge in [0.25, 0.3) is 0 Å². The Morgan fingerprint density at radius 1 is 1.03 bits per heavy atom. The van der Waals surface area contributed by atoms with Crippen LogP contribution < -0.4 is 10.1 Å². The molecule has 0 radical (unpaired) electrons. The predicted octanol–water partition coefficient (Wildman–Crippen LogP) is 2.85. The molecule has 1 amide bonds. The molecule has 2 aromatic rings. The van der Waals surface area contributed by atoms with Crippen molar-refractivity contribution >= 4 is 5.91 Å². The largest absolute Gasteiger partial charge is 0.497 e. The molecule has 0 aliphatic carbocycles. The Morgan fingerprint density at radius 2 is 1.69 bits per heavy atom. The number of hydrogen-bond acceptors (Lipinski definition) is 5. The van der Waals surface area contributed by atoms with Gasteiger partial charge in [0.2, 0.25) is 5.91 Å². The summed E-state index contributed by atoms with van der Waals surface area (Å²) in [4.78, 5) is 11.4. The van der Waals surface area contributed by atoms with Crippen molar-refractivity contribution in [1.29, 1.82) is 0 Å². The molecule has 0 aromatic heterocycles. The lowest BCUT2D eigenvalue weighted by Gasteiger charge is -2.21. The third kappa shape index (κ3) is 8.91. The van der Waals surface area contributed by atoms with Crippen LogP contribution in [0.5, 0.6) is 5.75 Å². The van der Waals surface area contributed by atoms with E-state index >= 15 is 0 Å². The van der Waals surface area contributed by atoms with Crippen molar-refractivity contribution in [1.82, 2.24) is 5.32 Å². The summed E-state index contributed by atoms with van der Waals surface area (Å²) in [6, 6.07) is 16.8. The summed E-state index contributed by atoms with van der Waals surface area (Å²) < 4.78 is 16.4. The first-order valence-corrected chi connectivity index (χ1v) is 9.52. The Labute approximate surface area is 172 Å². The third-order valence-electron chi connectivity index (χ3n) is 4.18. The number of methoxy groups -OCH3 is 1. The van der Waals surface area contributed by atoms with Gasteiger partial charge in [-0.05, 0) is 23.3 Å². The molecule has 2 N–H and O–H groups in total. The minimum Gasteiger partial charge on any atom is -0.497 e. The third-order valence-corrected chi connectivity index (χ3v) is 4.18. The summed E-state index contributed by atoms with van der Waals surface area (Å²) in [6.07, 6.45) is 2.47. The Kier molecular flexibility index (Phi) is 9.92. The van der Waals surface area contributed by atoms with Crippen molar-refractivity contribution in [2.24, 2.45) is 0 Å². The number of rotatable bonds is 12. The standard InChI is InChI=1S/C23H29NO5/c1-18(25)24-22(17-29-16-19-7-4-3-5-8-19)23(26)9-6-14-28-15-20-10-12-21(27-2)13-11-20/h3-13,22-23,26H,14-17H2,1-2H3,(H,24,25)/b9-6+/t22-,23-/m1/s1.